The van der Waals surface area contributed by atoms with E-state index in [1.807, 2.05) is 19.1 Å². The molecular formula is C22H26N2O3. The molecule has 0 unspecified atom stereocenters. The number of terminal acetylenes is 1. The number of rotatable bonds is 6. The van der Waals surface area contributed by atoms with E-state index in [-0.39, 0.29) is 5.97 Å². The molecule has 5 heteroatoms. The van der Waals surface area contributed by atoms with E-state index in [9.17, 15) is 4.79 Å². The Bertz CT molecular complexity index is 811. The van der Waals surface area contributed by atoms with E-state index < -0.39 is 0 Å². The summed E-state index contributed by atoms with van der Waals surface area (Å²) in [7, 11) is 1.37. The minimum Gasteiger partial charge on any atom is -0.465 e. The average Bonchev–Trinajstić information content (AvgIpc) is 3.08. The van der Waals surface area contributed by atoms with Gasteiger partial charge in [-0.25, -0.2) is 9.78 Å². The molecule has 1 aliphatic rings. The summed E-state index contributed by atoms with van der Waals surface area (Å²) in [4.78, 5) is 18.6. The van der Waals surface area contributed by atoms with Crippen LogP contribution in [-0.4, -0.2) is 35.5 Å². The molecule has 0 radical (unpaired) electrons. The summed E-state index contributed by atoms with van der Waals surface area (Å²) in [6, 6.07) is 7.59. The molecule has 0 saturated heterocycles. The van der Waals surface area contributed by atoms with Gasteiger partial charge in [0.2, 0.25) is 5.89 Å². The SMILES string of the molecule is C#CCN(Cc1nc(-c2ccc(C(=O)OC)cc2)oc1C)C1CCCCC1. The summed E-state index contributed by atoms with van der Waals surface area (Å²) in [5, 5.41) is 0. The topological polar surface area (TPSA) is 55.6 Å². The van der Waals surface area contributed by atoms with Crippen LogP contribution in [0.2, 0.25) is 0 Å². The first-order valence-corrected chi connectivity index (χ1v) is 9.45. The lowest BCUT2D eigenvalue weighted by Gasteiger charge is -2.32. The lowest BCUT2D eigenvalue weighted by Crippen LogP contribution is -2.36. The van der Waals surface area contributed by atoms with Gasteiger partial charge in [0, 0.05) is 18.2 Å². The number of hydrogen-bond acceptors (Lipinski definition) is 5. The third-order valence-corrected chi connectivity index (χ3v) is 5.18. The highest BCUT2D eigenvalue weighted by atomic mass is 16.5. The van der Waals surface area contributed by atoms with Gasteiger partial charge in [0.15, 0.2) is 0 Å². The monoisotopic (exact) mass is 366 g/mol. The molecule has 3 rings (SSSR count). The number of esters is 1. The number of benzene rings is 1. The van der Waals surface area contributed by atoms with E-state index >= 15 is 0 Å². The zero-order valence-electron chi connectivity index (χ0n) is 16.0. The largest absolute Gasteiger partial charge is 0.465 e. The second-order valence-corrected chi connectivity index (χ2v) is 6.99. The number of methoxy groups -OCH3 is 1. The zero-order valence-corrected chi connectivity index (χ0v) is 16.0. The Morgan fingerprint density at radius 3 is 2.63 bits per heavy atom. The first kappa shape index (κ1) is 19.2. The fourth-order valence-electron chi connectivity index (χ4n) is 3.63. The third kappa shape index (κ3) is 4.58. The molecule has 1 aromatic carbocycles. The average molecular weight is 366 g/mol. The minimum atomic E-state index is -0.358. The fourth-order valence-corrected chi connectivity index (χ4v) is 3.63. The molecular weight excluding hydrogens is 340 g/mol. The number of aryl methyl sites for hydroxylation is 1. The van der Waals surface area contributed by atoms with Gasteiger partial charge in [-0.15, -0.1) is 6.42 Å². The van der Waals surface area contributed by atoms with E-state index in [1.165, 1.54) is 39.2 Å². The second kappa shape index (κ2) is 8.88. The molecule has 1 fully saturated rings. The van der Waals surface area contributed by atoms with Crippen molar-refractivity contribution in [2.24, 2.45) is 0 Å². The zero-order chi connectivity index (χ0) is 19.2. The van der Waals surface area contributed by atoms with Crippen molar-refractivity contribution >= 4 is 5.97 Å². The Balaban J connectivity index is 1.76. The number of aromatic nitrogens is 1. The van der Waals surface area contributed by atoms with Crippen LogP contribution in [0.5, 0.6) is 0 Å². The molecule has 0 N–H and O–H groups in total. The number of carbonyl (C=O) groups is 1. The van der Waals surface area contributed by atoms with E-state index in [1.54, 1.807) is 12.1 Å². The van der Waals surface area contributed by atoms with Crippen molar-refractivity contribution in [3.8, 4) is 23.8 Å². The van der Waals surface area contributed by atoms with Gasteiger partial charge in [0.1, 0.15) is 5.76 Å². The van der Waals surface area contributed by atoms with Crippen LogP contribution < -0.4 is 0 Å². The van der Waals surface area contributed by atoms with Crippen molar-refractivity contribution in [2.75, 3.05) is 13.7 Å². The fraction of sp³-hybridized carbons (Fsp3) is 0.455. The van der Waals surface area contributed by atoms with Crippen molar-refractivity contribution in [1.29, 1.82) is 0 Å². The molecule has 27 heavy (non-hydrogen) atoms. The van der Waals surface area contributed by atoms with Gasteiger partial charge in [-0.3, -0.25) is 4.90 Å². The van der Waals surface area contributed by atoms with Gasteiger partial charge in [-0.05, 0) is 44.0 Å². The van der Waals surface area contributed by atoms with Gasteiger partial charge >= 0.3 is 5.97 Å². The maximum atomic E-state index is 11.6. The number of hydrogen-bond donors (Lipinski definition) is 0. The maximum absolute atomic E-state index is 11.6. The van der Waals surface area contributed by atoms with E-state index in [0.29, 0.717) is 30.6 Å². The second-order valence-electron chi connectivity index (χ2n) is 6.99. The summed E-state index contributed by atoms with van der Waals surface area (Å²) in [6.07, 6.45) is 11.8. The van der Waals surface area contributed by atoms with Crippen LogP contribution in [-0.2, 0) is 11.3 Å². The first-order valence-electron chi connectivity index (χ1n) is 9.45. The Morgan fingerprint density at radius 1 is 1.30 bits per heavy atom. The van der Waals surface area contributed by atoms with Crippen LogP contribution in [0, 0.1) is 19.3 Å². The Morgan fingerprint density at radius 2 is 2.00 bits per heavy atom. The number of ether oxygens (including phenoxy) is 1. The summed E-state index contributed by atoms with van der Waals surface area (Å²) in [5.41, 5.74) is 2.25. The van der Waals surface area contributed by atoms with Gasteiger partial charge in [0.05, 0.1) is 24.9 Å². The number of carbonyl (C=O) groups excluding carboxylic acids is 1. The van der Waals surface area contributed by atoms with Crippen LogP contribution in [0.15, 0.2) is 28.7 Å². The van der Waals surface area contributed by atoms with E-state index in [0.717, 1.165) is 17.0 Å². The van der Waals surface area contributed by atoms with Gasteiger partial charge in [-0.2, -0.15) is 0 Å². The van der Waals surface area contributed by atoms with Crippen molar-refractivity contribution in [3.63, 3.8) is 0 Å². The maximum Gasteiger partial charge on any atom is 0.337 e. The summed E-state index contributed by atoms with van der Waals surface area (Å²) in [5.74, 6) is 3.80. The molecule has 0 bridgehead atoms. The molecule has 0 spiro atoms. The predicted octanol–water partition coefficient (Wildman–Crippen LogP) is 4.20. The third-order valence-electron chi connectivity index (χ3n) is 5.18. The number of oxazole rings is 1. The molecule has 0 amide bonds. The van der Waals surface area contributed by atoms with Crippen molar-refractivity contribution in [2.45, 2.75) is 51.6 Å². The molecule has 5 nitrogen and oxygen atoms in total. The van der Waals surface area contributed by atoms with Crippen molar-refractivity contribution in [1.82, 2.24) is 9.88 Å². The number of nitrogens with zero attached hydrogens (tertiary/aromatic N) is 2. The highest BCUT2D eigenvalue weighted by Crippen LogP contribution is 2.27. The summed E-state index contributed by atoms with van der Waals surface area (Å²) in [6.45, 7) is 3.26. The van der Waals surface area contributed by atoms with Crippen LogP contribution in [0.25, 0.3) is 11.5 Å². The molecule has 1 aliphatic carbocycles. The highest BCUT2D eigenvalue weighted by Gasteiger charge is 2.23. The highest BCUT2D eigenvalue weighted by molar-refractivity contribution is 5.89. The van der Waals surface area contributed by atoms with Crippen LogP contribution in [0.1, 0.15) is 53.9 Å². The molecule has 1 heterocycles. The van der Waals surface area contributed by atoms with Crippen molar-refractivity contribution < 1.29 is 13.9 Å². The van der Waals surface area contributed by atoms with E-state index in [2.05, 4.69) is 10.8 Å². The summed E-state index contributed by atoms with van der Waals surface area (Å²) >= 11 is 0. The predicted molar refractivity (Wildman–Crippen MR) is 104 cm³/mol. The van der Waals surface area contributed by atoms with Gasteiger partial charge < -0.3 is 9.15 Å². The Kier molecular flexibility index (Phi) is 6.31. The minimum absolute atomic E-state index is 0.358. The van der Waals surface area contributed by atoms with E-state index in [4.69, 9.17) is 20.6 Å². The molecule has 2 aromatic rings. The standard InChI is InChI=1S/C22H26N2O3/c1-4-14-24(19-8-6-5-7-9-19)15-20-16(2)27-21(23-20)17-10-12-18(13-11-17)22(25)26-3/h1,10-13,19H,5-9,14-15H2,2-3H3. The lowest BCUT2D eigenvalue weighted by atomic mass is 9.94. The molecule has 0 aliphatic heterocycles. The summed E-state index contributed by atoms with van der Waals surface area (Å²) < 4.78 is 10.6. The Labute approximate surface area is 160 Å². The smallest absolute Gasteiger partial charge is 0.337 e. The molecule has 0 atom stereocenters. The van der Waals surface area contributed by atoms with Gasteiger partial charge in [0.25, 0.3) is 0 Å². The van der Waals surface area contributed by atoms with Gasteiger partial charge in [-0.1, -0.05) is 25.2 Å². The molecule has 1 saturated carbocycles. The molecule has 142 valence electrons. The van der Waals surface area contributed by atoms with Crippen LogP contribution in [0.4, 0.5) is 0 Å². The van der Waals surface area contributed by atoms with Crippen molar-refractivity contribution in [3.05, 3.63) is 41.3 Å². The van der Waals surface area contributed by atoms with Crippen LogP contribution >= 0.6 is 0 Å². The first-order chi connectivity index (χ1) is 13.1. The normalized spacial score (nSPS) is 14.9. The lowest BCUT2D eigenvalue weighted by molar-refractivity contribution is 0.0600. The van der Waals surface area contributed by atoms with Crippen LogP contribution in [0.3, 0.4) is 0 Å². The Hall–Kier alpha value is -2.58. The molecule has 1 aromatic heterocycles. The quantitative estimate of drug-likeness (QED) is 0.566.